The first-order chi connectivity index (χ1) is 8.60. The van der Waals surface area contributed by atoms with E-state index >= 15 is 0 Å². The van der Waals surface area contributed by atoms with Gasteiger partial charge in [0.25, 0.3) is 0 Å². The Kier molecular flexibility index (Phi) is 3.40. The Morgan fingerprint density at radius 1 is 1.39 bits per heavy atom. The number of nitrogens with one attached hydrogen (secondary N) is 1. The third kappa shape index (κ3) is 2.55. The van der Waals surface area contributed by atoms with Crippen molar-refractivity contribution in [2.24, 2.45) is 0 Å². The highest BCUT2D eigenvalue weighted by Gasteiger charge is 2.08. The van der Waals surface area contributed by atoms with Gasteiger partial charge in [-0.05, 0) is 18.2 Å². The van der Waals surface area contributed by atoms with Crippen LogP contribution in [-0.2, 0) is 0 Å². The zero-order valence-electron chi connectivity index (χ0n) is 9.37. The summed E-state index contributed by atoms with van der Waals surface area (Å²) in [5.74, 6) is 0. The number of anilines is 1. The first-order valence-electron chi connectivity index (χ1n) is 5.28. The molecule has 2 aromatic rings. The molecule has 0 aliphatic rings. The predicted octanol–water partition coefficient (Wildman–Crippen LogP) is 1.35. The van der Waals surface area contributed by atoms with E-state index in [2.05, 4.69) is 10.3 Å². The Labute approximate surface area is 103 Å². The molecule has 0 fully saturated rings. The second kappa shape index (κ2) is 4.99. The second-order valence-electron chi connectivity index (χ2n) is 3.80. The number of hydrogen-bond acceptors (Lipinski definition) is 4. The summed E-state index contributed by atoms with van der Waals surface area (Å²) in [4.78, 5) is 14.6. The zero-order valence-corrected chi connectivity index (χ0v) is 9.37. The molecule has 4 N–H and O–H groups in total. The van der Waals surface area contributed by atoms with Gasteiger partial charge in [-0.3, -0.25) is 10.3 Å². The Balaban J connectivity index is 2.38. The van der Waals surface area contributed by atoms with Crippen molar-refractivity contribution in [3.8, 4) is 0 Å². The van der Waals surface area contributed by atoms with Gasteiger partial charge in [0.2, 0.25) is 0 Å². The molecule has 1 unspecified atom stereocenters. The first kappa shape index (κ1) is 12.3. The molecular weight excluding hydrogens is 236 g/mol. The monoisotopic (exact) mass is 248 g/mol. The van der Waals surface area contributed by atoms with E-state index in [4.69, 9.17) is 10.2 Å². The largest absolute Gasteiger partial charge is 0.465 e. The van der Waals surface area contributed by atoms with E-state index in [9.17, 15) is 9.90 Å². The summed E-state index contributed by atoms with van der Waals surface area (Å²) in [7, 11) is 0. The maximum absolute atomic E-state index is 10.5. The number of carboxylic acid groups (broad SMARTS) is 1. The number of aliphatic hydroxyl groups excluding tert-OH is 2. The minimum atomic E-state index is -1.14. The summed E-state index contributed by atoms with van der Waals surface area (Å²) >= 11 is 0. The van der Waals surface area contributed by atoms with E-state index in [0.717, 1.165) is 5.39 Å². The number of fused-ring (bicyclic) bond motifs is 1. The Bertz CT molecular complexity index is 585. The summed E-state index contributed by atoms with van der Waals surface area (Å²) < 4.78 is 0. The van der Waals surface area contributed by atoms with Crippen LogP contribution in [0.3, 0.4) is 0 Å². The SMILES string of the molecule is O=C(O)Nc1ccc2cc(C(O)CO)cnc2c1. The maximum Gasteiger partial charge on any atom is 0.409 e. The number of aromatic nitrogens is 1. The van der Waals surface area contributed by atoms with Gasteiger partial charge in [-0.1, -0.05) is 6.07 Å². The number of rotatable bonds is 3. The van der Waals surface area contributed by atoms with Crippen molar-refractivity contribution in [3.05, 3.63) is 36.0 Å². The summed E-state index contributed by atoms with van der Waals surface area (Å²) in [5, 5.41) is 29.9. The molecular formula is C12H12N2O4. The van der Waals surface area contributed by atoms with Crippen molar-refractivity contribution >= 4 is 22.7 Å². The van der Waals surface area contributed by atoms with Gasteiger partial charge in [-0.15, -0.1) is 0 Å². The highest BCUT2D eigenvalue weighted by molar-refractivity contribution is 5.88. The minimum Gasteiger partial charge on any atom is -0.465 e. The van der Waals surface area contributed by atoms with Crippen LogP contribution < -0.4 is 5.32 Å². The lowest BCUT2D eigenvalue weighted by molar-refractivity contribution is 0.0955. The van der Waals surface area contributed by atoms with Crippen LogP contribution in [0.5, 0.6) is 0 Å². The van der Waals surface area contributed by atoms with Crippen molar-refractivity contribution in [1.29, 1.82) is 0 Å². The lowest BCUT2D eigenvalue weighted by atomic mass is 10.1. The number of benzene rings is 1. The molecule has 0 saturated carbocycles. The molecule has 1 aromatic heterocycles. The van der Waals surface area contributed by atoms with E-state index < -0.39 is 12.2 Å². The van der Waals surface area contributed by atoms with Crippen molar-refractivity contribution < 1.29 is 20.1 Å². The molecule has 6 heteroatoms. The molecule has 0 saturated heterocycles. The van der Waals surface area contributed by atoms with Crippen LogP contribution in [0, 0.1) is 0 Å². The zero-order chi connectivity index (χ0) is 13.1. The third-order valence-corrected chi connectivity index (χ3v) is 2.51. The number of hydrogen-bond donors (Lipinski definition) is 4. The minimum absolute atomic E-state index is 0.369. The van der Waals surface area contributed by atoms with Crippen molar-refractivity contribution in [3.63, 3.8) is 0 Å². The average Bonchev–Trinajstić information content (AvgIpc) is 2.36. The summed E-state index contributed by atoms with van der Waals surface area (Å²) in [6.07, 6.45) is -0.645. The van der Waals surface area contributed by atoms with E-state index in [0.29, 0.717) is 16.8 Å². The maximum atomic E-state index is 10.5. The van der Waals surface area contributed by atoms with Crippen LogP contribution in [0.15, 0.2) is 30.5 Å². The van der Waals surface area contributed by atoms with E-state index in [1.165, 1.54) is 6.20 Å². The smallest absolute Gasteiger partial charge is 0.409 e. The van der Waals surface area contributed by atoms with Crippen LogP contribution in [0.2, 0.25) is 0 Å². The van der Waals surface area contributed by atoms with Crippen LogP contribution in [0.25, 0.3) is 10.9 Å². The van der Waals surface area contributed by atoms with Crippen molar-refractivity contribution in [2.75, 3.05) is 11.9 Å². The Morgan fingerprint density at radius 2 is 2.17 bits per heavy atom. The molecule has 0 aliphatic heterocycles. The average molecular weight is 248 g/mol. The topological polar surface area (TPSA) is 103 Å². The molecule has 1 atom stereocenters. The van der Waals surface area contributed by atoms with Gasteiger partial charge < -0.3 is 15.3 Å². The second-order valence-corrected chi connectivity index (χ2v) is 3.80. The third-order valence-electron chi connectivity index (χ3n) is 2.51. The van der Waals surface area contributed by atoms with Gasteiger partial charge in [0.05, 0.1) is 12.1 Å². The van der Waals surface area contributed by atoms with Crippen LogP contribution in [-0.4, -0.2) is 33.0 Å². The summed E-state index contributed by atoms with van der Waals surface area (Å²) in [5.41, 5.74) is 1.55. The molecule has 1 heterocycles. The van der Waals surface area contributed by atoms with Gasteiger partial charge in [-0.25, -0.2) is 4.79 Å². The number of aliphatic hydroxyl groups is 2. The quantitative estimate of drug-likeness (QED) is 0.656. The number of amides is 1. The summed E-state index contributed by atoms with van der Waals surface area (Å²) in [6.45, 7) is -0.369. The molecule has 0 aliphatic carbocycles. The highest BCUT2D eigenvalue weighted by atomic mass is 16.4. The molecule has 0 bridgehead atoms. The fourth-order valence-corrected chi connectivity index (χ4v) is 1.63. The molecule has 94 valence electrons. The van der Waals surface area contributed by atoms with Crippen LogP contribution >= 0.6 is 0 Å². The van der Waals surface area contributed by atoms with Gasteiger partial charge >= 0.3 is 6.09 Å². The number of pyridine rings is 1. The standard InChI is InChI=1S/C12H12N2O4/c15-6-11(16)8-3-7-1-2-9(14-12(17)18)4-10(7)13-5-8/h1-5,11,14-16H,6H2,(H,17,18). The number of nitrogens with zero attached hydrogens (tertiary/aromatic N) is 1. The molecule has 1 amide bonds. The Morgan fingerprint density at radius 3 is 2.83 bits per heavy atom. The molecule has 2 rings (SSSR count). The lowest BCUT2D eigenvalue weighted by Crippen LogP contribution is -2.07. The summed E-state index contributed by atoms with van der Waals surface area (Å²) in [6, 6.07) is 6.60. The van der Waals surface area contributed by atoms with Gasteiger partial charge in [-0.2, -0.15) is 0 Å². The molecule has 1 aromatic carbocycles. The van der Waals surface area contributed by atoms with Gasteiger partial charge in [0.15, 0.2) is 0 Å². The fourth-order valence-electron chi connectivity index (χ4n) is 1.63. The van der Waals surface area contributed by atoms with Crippen molar-refractivity contribution in [1.82, 2.24) is 4.98 Å². The van der Waals surface area contributed by atoms with Crippen LogP contribution in [0.4, 0.5) is 10.5 Å². The van der Waals surface area contributed by atoms with Crippen LogP contribution in [0.1, 0.15) is 11.7 Å². The lowest BCUT2D eigenvalue weighted by Gasteiger charge is -2.08. The van der Waals surface area contributed by atoms with Crippen molar-refractivity contribution in [2.45, 2.75) is 6.10 Å². The normalized spacial score (nSPS) is 12.3. The Hall–Kier alpha value is -2.18. The molecule has 0 radical (unpaired) electrons. The fraction of sp³-hybridized carbons (Fsp3) is 0.167. The molecule has 18 heavy (non-hydrogen) atoms. The molecule has 6 nitrogen and oxygen atoms in total. The molecule has 0 spiro atoms. The van der Waals surface area contributed by atoms with Gasteiger partial charge in [0.1, 0.15) is 6.10 Å². The highest BCUT2D eigenvalue weighted by Crippen LogP contribution is 2.21. The van der Waals surface area contributed by atoms with E-state index in [1.54, 1.807) is 24.3 Å². The first-order valence-corrected chi connectivity index (χ1v) is 5.28. The number of carbonyl (C=O) groups is 1. The van der Waals surface area contributed by atoms with Gasteiger partial charge in [0, 0.05) is 22.8 Å². The van der Waals surface area contributed by atoms with E-state index in [-0.39, 0.29) is 6.61 Å². The van der Waals surface area contributed by atoms with E-state index in [1.807, 2.05) is 0 Å². The predicted molar refractivity (Wildman–Crippen MR) is 65.4 cm³/mol.